The van der Waals surface area contributed by atoms with Gasteiger partial charge >= 0.3 is 0 Å². The average Bonchev–Trinajstić information content (AvgIpc) is 3.09. The molecule has 0 bridgehead atoms. The number of anilines is 1. The number of nitrogens with one attached hydrogen (secondary N) is 1. The van der Waals surface area contributed by atoms with E-state index in [1.165, 1.54) is 18.2 Å². The number of halogens is 2. The first-order valence-electron chi connectivity index (χ1n) is 6.49. The first-order valence-corrected chi connectivity index (χ1v) is 9.09. The van der Waals surface area contributed by atoms with Gasteiger partial charge in [-0.05, 0) is 31.0 Å². The van der Waals surface area contributed by atoms with E-state index in [2.05, 4.69) is 5.32 Å². The van der Waals surface area contributed by atoms with Crippen LogP contribution in [0.3, 0.4) is 0 Å². The fraction of sp³-hybridized carbons (Fsp3) is 0.462. The van der Waals surface area contributed by atoms with Crippen LogP contribution in [0.4, 0.5) is 5.69 Å². The van der Waals surface area contributed by atoms with Crippen LogP contribution < -0.4 is 9.62 Å². The predicted molar refractivity (Wildman–Crippen MR) is 84.4 cm³/mol. The Morgan fingerprint density at radius 2 is 1.86 bits per heavy atom. The Morgan fingerprint density at radius 1 is 1.29 bits per heavy atom. The van der Waals surface area contributed by atoms with Gasteiger partial charge in [-0.25, -0.2) is 8.42 Å². The summed E-state index contributed by atoms with van der Waals surface area (Å²) >= 11 is 11.8. The van der Waals surface area contributed by atoms with Crippen LogP contribution in [0.5, 0.6) is 0 Å². The summed E-state index contributed by atoms with van der Waals surface area (Å²) in [6, 6.07) is 4.79. The van der Waals surface area contributed by atoms with Crippen molar-refractivity contribution in [3.05, 3.63) is 28.2 Å². The summed E-state index contributed by atoms with van der Waals surface area (Å²) in [6.45, 7) is 0.0497. The van der Waals surface area contributed by atoms with Crippen LogP contribution >= 0.6 is 23.2 Å². The second-order valence-electron chi connectivity index (χ2n) is 5.05. The number of carbonyl (C=O) groups is 1. The molecule has 1 aliphatic carbocycles. The quantitative estimate of drug-likeness (QED) is 0.856. The molecular formula is C13H16Cl2N2O3S. The van der Waals surface area contributed by atoms with Crippen LogP contribution in [-0.4, -0.2) is 33.2 Å². The molecule has 0 aromatic heterocycles. The topological polar surface area (TPSA) is 66.5 Å². The molecule has 1 aromatic rings. The molecule has 1 N–H and O–H groups in total. The molecule has 0 spiro atoms. The van der Waals surface area contributed by atoms with Gasteiger partial charge in [-0.3, -0.25) is 9.10 Å². The molecule has 5 nitrogen and oxygen atoms in total. The molecule has 1 fully saturated rings. The Morgan fingerprint density at radius 3 is 2.33 bits per heavy atom. The summed E-state index contributed by atoms with van der Waals surface area (Å²) in [4.78, 5) is 11.7. The normalized spacial score (nSPS) is 14.8. The first kappa shape index (κ1) is 16.4. The van der Waals surface area contributed by atoms with Crippen molar-refractivity contribution in [2.75, 3.05) is 17.1 Å². The van der Waals surface area contributed by atoms with Gasteiger partial charge in [0.15, 0.2) is 0 Å². The van der Waals surface area contributed by atoms with Gasteiger partial charge in [0.2, 0.25) is 15.9 Å². The van der Waals surface area contributed by atoms with Gasteiger partial charge in [-0.15, -0.1) is 0 Å². The van der Waals surface area contributed by atoms with Gasteiger partial charge in [0.25, 0.3) is 0 Å². The molecule has 0 radical (unpaired) electrons. The van der Waals surface area contributed by atoms with Gasteiger partial charge in [0.1, 0.15) is 0 Å². The lowest BCUT2D eigenvalue weighted by atomic mass is 10.3. The monoisotopic (exact) mass is 350 g/mol. The van der Waals surface area contributed by atoms with Crippen molar-refractivity contribution >= 4 is 44.8 Å². The van der Waals surface area contributed by atoms with Gasteiger partial charge in [0.05, 0.1) is 11.9 Å². The molecule has 116 valence electrons. The van der Waals surface area contributed by atoms with Crippen LogP contribution in [-0.2, 0) is 14.8 Å². The second-order valence-corrected chi connectivity index (χ2v) is 7.83. The minimum Gasteiger partial charge on any atom is -0.353 e. The van der Waals surface area contributed by atoms with Crippen LogP contribution in [0, 0.1) is 0 Å². The number of carbonyl (C=O) groups excluding carboxylic acids is 1. The van der Waals surface area contributed by atoms with Crippen molar-refractivity contribution in [3.63, 3.8) is 0 Å². The average molecular weight is 351 g/mol. The third kappa shape index (κ3) is 5.05. The molecule has 1 amide bonds. The standard InChI is InChI=1S/C13H16Cl2N2O3S/c1-21(19,20)17(5-4-13(18)16-11-2-3-11)12-7-9(14)6-10(15)8-12/h6-8,11H,2-5H2,1H3,(H,16,18). The van der Waals surface area contributed by atoms with Crippen LogP contribution in [0.2, 0.25) is 10.0 Å². The minimum atomic E-state index is -3.52. The SMILES string of the molecule is CS(=O)(=O)N(CCC(=O)NC1CC1)c1cc(Cl)cc(Cl)c1. The maximum absolute atomic E-state index is 11.9. The largest absolute Gasteiger partial charge is 0.353 e. The van der Waals surface area contributed by atoms with E-state index in [4.69, 9.17) is 23.2 Å². The summed E-state index contributed by atoms with van der Waals surface area (Å²) in [5, 5.41) is 3.50. The molecule has 0 unspecified atom stereocenters. The van der Waals surface area contributed by atoms with E-state index in [0.29, 0.717) is 15.7 Å². The third-order valence-electron chi connectivity index (χ3n) is 3.02. The molecule has 0 aliphatic heterocycles. The predicted octanol–water partition coefficient (Wildman–Crippen LogP) is 2.43. The Labute approximate surface area is 134 Å². The van der Waals surface area contributed by atoms with E-state index in [1.807, 2.05) is 0 Å². The van der Waals surface area contributed by atoms with Crippen molar-refractivity contribution in [2.24, 2.45) is 0 Å². The van der Waals surface area contributed by atoms with Crippen LogP contribution in [0.15, 0.2) is 18.2 Å². The molecule has 1 aliphatic rings. The number of benzene rings is 1. The van der Waals surface area contributed by atoms with Crippen molar-refractivity contribution in [1.29, 1.82) is 0 Å². The number of amides is 1. The van der Waals surface area contributed by atoms with Crippen LogP contribution in [0.1, 0.15) is 19.3 Å². The number of hydrogen-bond donors (Lipinski definition) is 1. The van der Waals surface area contributed by atoms with E-state index in [-0.39, 0.29) is 24.9 Å². The van der Waals surface area contributed by atoms with Crippen LogP contribution in [0.25, 0.3) is 0 Å². The maximum atomic E-state index is 11.9. The van der Waals surface area contributed by atoms with E-state index >= 15 is 0 Å². The highest BCUT2D eigenvalue weighted by Crippen LogP contribution is 2.27. The molecule has 0 saturated heterocycles. The summed E-state index contributed by atoms with van der Waals surface area (Å²) in [6.07, 6.45) is 3.16. The van der Waals surface area contributed by atoms with Crippen molar-refractivity contribution in [1.82, 2.24) is 5.32 Å². The number of nitrogens with zero attached hydrogens (tertiary/aromatic N) is 1. The fourth-order valence-electron chi connectivity index (χ4n) is 1.90. The van der Waals surface area contributed by atoms with E-state index < -0.39 is 10.0 Å². The number of sulfonamides is 1. The molecule has 1 saturated carbocycles. The Balaban J connectivity index is 2.12. The zero-order chi connectivity index (χ0) is 15.6. The summed E-state index contributed by atoms with van der Waals surface area (Å²) < 4.78 is 25.0. The summed E-state index contributed by atoms with van der Waals surface area (Å²) in [7, 11) is -3.52. The zero-order valence-corrected chi connectivity index (χ0v) is 13.8. The smallest absolute Gasteiger partial charge is 0.232 e. The van der Waals surface area contributed by atoms with E-state index in [1.54, 1.807) is 0 Å². The first-order chi connectivity index (χ1) is 9.75. The highest BCUT2D eigenvalue weighted by atomic mass is 35.5. The zero-order valence-electron chi connectivity index (χ0n) is 11.5. The lowest BCUT2D eigenvalue weighted by molar-refractivity contribution is -0.121. The molecule has 0 heterocycles. The maximum Gasteiger partial charge on any atom is 0.232 e. The van der Waals surface area contributed by atoms with Gasteiger partial charge in [-0.1, -0.05) is 23.2 Å². The Bertz CT molecular complexity index is 625. The van der Waals surface area contributed by atoms with E-state index in [0.717, 1.165) is 23.4 Å². The third-order valence-corrected chi connectivity index (χ3v) is 4.65. The number of hydrogen-bond acceptors (Lipinski definition) is 3. The number of rotatable bonds is 6. The highest BCUT2D eigenvalue weighted by molar-refractivity contribution is 7.92. The summed E-state index contributed by atoms with van der Waals surface area (Å²) in [5.41, 5.74) is 0.356. The van der Waals surface area contributed by atoms with Crippen molar-refractivity contribution in [2.45, 2.75) is 25.3 Å². The van der Waals surface area contributed by atoms with Crippen molar-refractivity contribution in [3.8, 4) is 0 Å². The second kappa shape index (κ2) is 6.42. The van der Waals surface area contributed by atoms with Gasteiger partial charge in [0, 0.05) is 29.1 Å². The molecule has 2 rings (SSSR count). The molecule has 8 heteroatoms. The lowest BCUT2D eigenvalue weighted by Crippen LogP contribution is -2.35. The molecular weight excluding hydrogens is 335 g/mol. The lowest BCUT2D eigenvalue weighted by Gasteiger charge is -2.22. The molecule has 1 aromatic carbocycles. The minimum absolute atomic E-state index is 0.0497. The molecule has 0 atom stereocenters. The fourth-order valence-corrected chi connectivity index (χ4v) is 3.33. The van der Waals surface area contributed by atoms with Crippen molar-refractivity contribution < 1.29 is 13.2 Å². The van der Waals surface area contributed by atoms with Gasteiger partial charge in [-0.2, -0.15) is 0 Å². The summed E-state index contributed by atoms with van der Waals surface area (Å²) in [5.74, 6) is -0.153. The Hall–Kier alpha value is -0.980. The highest BCUT2D eigenvalue weighted by Gasteiger charge is 2.24. The molecule has 21 heavy (non-hydrogen) atoms. The van der Waals surface area contributed by atoms with Gasteiger partial charge < -0.3 is 5.32 Å². The van der Waals surface area contributed by atoms with E-state index in [9.17, 15) is 13.2 Å². The Kier molecular flexibility index (Phi) is 5.01.